The Kier molecular flexibility index (Phi) is 5.46. The second-order valence-electron chi connectivity index (χ2n) is 5.03. The summed E-state index contributed by atoms with van der Waals surface area (Å²) in [6, 6.07) is 11.5. The number of hydrogen-bond donors (Lipinski definition) is 1. The molecule has 1 heterocycles. The molecule has 1 aromatic heterocycles. The van der Waals surface area contributed by atoms with Gasteiger partial charge in [-0.2, -0.15) is 0 Å². The van der Waals surface area contributed by atoms with Gasteiger partial charge < -0.3 is 4.90 Å². The Balaban J connectivity index is 2.02. The van der Waals surface area contributed by atoms with Gasteiger partial charge in [0.05, 0.1) is 4.90 Å². The molecule has 122 valence electrons. The van der Waals surface area contributed by atoms with E-state index in [1.807, 2.05) is 18.2 Å². The average Bonchev–Trinajstić information content (AvgIpc) is 2.60. The lowest BCUT2D eigenvalue weighted by Gasteiger charge is -2.17. The smallest absolute Gasteiger partial charge is 0.253 e. The highest BCUT2D eigenvalue weighted by molar-refractivity contribution is 7.89. The first kappa shape index (κ1) is 17.1. The maximum atomic E-state index is 12.3. The lowest BCUT2D eigenvalue weighted by molar-refractivity contribution is 0.0796. The number of carbonyl (C=O) groups excluding carboxylic acids is 1. The van der Waals surface area contributed by atoms with Crippen molar-refractivity contribution in [1.29, 1.82) is 0 Å². The van der Waals surface area contributed by atoms with E-state index in [0.717, 1.165) is 5.69 Å². The van der Waals surface area contributed by atoms with E-state index in [1.165, 1.54) is 31.3 Å². The van der Waals surface area contributed by atoms with E-state index >= 15 is 0 Å². The van der Waals surface area contributed by atoms with Crippen LogP contribution < -0.4 is 4.72 Å². The normalized spacial score (nSPS) is 11.2. The number of sulfonamides is 1. The van der Waals surface area contributed by atoms with Crippen LogP contribution in [0.3, 0.4) is 0 Å². The highest BCUT2D eigenvalue weighted by Gasteiger charge is 2.15. The molecule has 2 aromatic rings. The third kappa shape index (κ3) is 4.37. The minimum Gasteiger partial charge on any atom is -0.341 e. The van der Waals surface area contributed by atoms with Crippen molar-refractivity contribution in [3.05, 3.63) is 59.9 Å². The molecule has 7 heteroatoms. The first-order chi connectivity index (χ1) is 10.9. The van der Waals surface area contributed by atoms with Crippen LogP contribution in [-0.4, -0.2) is 44.8 Å². The minimum absolute atomic E-state index is 0.132. The van der Waals surface area contributed by atoms with Crippen molar-refractivity contribution in [1.82, 2.24) is 14.6 Å². The second-order valence-corrected chi connectivity index (χ2v) is 6.92. The number of amides is 1. The van der Waals surface area contributed by atoms with Crippen molar-refractivity contribution in [3.63, 3.8) is 0 Å². The van der Waals surface area contributed by atoms with Crippen LogP contribution >= 0.6 is 0 Å². The van der Waals surface area contributed by atoms with E-state index in [9.17, 15) is 13.2 Å². The number of nitrogens with one attached hydrogen (secondary N) is 1. The van der Waals surface area contributed by atoms with Crippen LogP contribution in [0, 0.1) is 0 Å². The summed E-state index contributed by atoms with van der Waals surface area (Å²) in [5, 5.41) is 0. The maximum Gasteiger partial charge on any atom is 0.253 e. The summed E-state index contributed by atoms with van der Waals surface area (Å²) >= 11 is 0. The van der Waals surface area contributed by atoms with E-state index in [1.54, 1.807) is 18.1 Å². The Morgan fingerprint density at radius 2 is 1.87 bits per heavy atom. The molecule has 0 saturated heterocycles. The number of aromatic nitrogens is 1. The molecule has 0 bridgehead atoms. The largest absolute Gasteiger partial charge is 0.341 e. The predicted octanol–water partition coefficient (Wildman–Crippen LogP) is 1.30. The van der Waals surface area contributed by atoms with Gasteiger partial charge in [-0.15, -0.1) is 0 Å². The molecule has 1 N–H and O–H groups in total. The molecule has 2 rings (SSSR count). The van der Waals surface area contributed by atoms with E-state index in [0.29, 0.717) is 18.5 Å². The standard InChI is InChI=1S/C16H19N3O3S/c1-17-23(21,22)15-8-6-13(7-9-15)16(20)19(2)12-10-14-5-3-4-11-18-14/h3-9,11,17H,10,12H2,1-2H3. The van der Waals surface area contributed by atoms with Crippen LogP contribution in [0.2, 0.25) is 0 Å². The zero-order valence-electron chi connectivity index (χ0n) is 13.1. The van der Waals surface area contributed by atoms with Gasteiger partial charge in [0.15, 0.2) is 0 Å². The molecule has 0 spiro atoms. The topological polar surface area (TPSA) is 79.4 Å². The summed E-state index contributed by atoms with van der Waals surface area (Å²) in [6.45, 7) is 0.534. The zero-order valence-corrected chi connectivity index (χ0v) is 13.9. The van der Waals surface area contributed by atoms with Crippen LogP contribution in [-0.2, 0) is 16.4 Å². The minimum atomic E-state index is -3.49. The van der Waals surface area contributed by atoms with Crippen molar-refractivity contribution < 1.29 is 13.2 Å². The fraction of sp³-hybridized carbons (Fsp3) is 0.250. The van der Waals surface area contributed by atoms with Gasteiger partial charge in [-0.1, -0.05) is 6.07 Å². The number of likely N-dealkylation sites (N-methyl/N-ethyl adjacent to an activating group) is 1. The molecule has 0 aliphatic carbocycles. The third-order valence-corrected chi connectivity index (χ3v) is 4.89. The Morgan fingerprint density at radius 3 is 2.43 bits per heavy atom. The van der Waals surface area contributed by atoms with Crippen LogP contribution in [0.15, 0.2) is 53.6 Å². The highest BCUT2D eigenvalue weighted by Crippen LogP contribution is 2.12. The summed E-state index contributed by atoms with van der Waals surface area (Å²) in [6.07, 6.45) is 2.38. The van der Waals surface area contributed by atoms with E-state index in [4.69, 9.17) is 0 Å². The SMILES string of the molecule is CNS(=O)(=O)c1ccc(C(=O)N(C)CCc2ccccn2)cc1. The van der Waals surface area contributed by atoms with Crippen LogP contribution in [0.5, 0.6) is 0 Å². The van der Waals surface area contributed by atoms with Gasteiger partial charge >= 0.3 is 0 Å². The van der Waals surface area contributed by atoms with Crippen molar-refractivity contribution in [2.24, 2.45) is 0 Å². The van der Waals surface area contributed by atoms with Crippen molar-refractivity contribution in [2.45, 2.75) is 11.3 Å². The molecule has 0 radical (unpaired) electrons. The molecule has 0 aliphatic rings. The quantitative estimate of drug-likeness (QED) is 0.864. The number of hydrogen-bond acceptors (Lipinski definition) is 4. The van der Waals surface area contributed by atoms with Crippen LogP contribution in [0.4, 0.5) is 0 Å². The fourth-order valence-electron chi connectivity index (χ4n) is 2.04. The van der Waals surface area contributed by atoms with Crippen molar-refractivity contribution in [2.75, 3.05) is 20.6 Å². The van der Waals surface area contributed by atoms with E-state index in [-0.39, 0.29) is 10.8 Å². The lowest BCUT2D eigenvalue weighted by Crippen LogP contribution is -2.29. The summed E-state index contributed by atoms with van der Waals surface area (Å²) in [5.74, 6) is -0.158. The fourth-order valence-corrected chi connectivity index (χ4v) is 2.77. The molecule has 23 heavy (non-hydrogen) atoms. The third-order valence-electron chi connectivity index (χ3n) is 3.46. The molecule has 6 nitrogen and oxygen atoms in total. The Bertz CT molecular complexity index is 759. The van der Waals surface area contributed by atoms with Crippen molar-refractivity contribution in [3.8, 4) is 0 Å². The molecule has 0 aliphatic heterocycles. The summed E-state index contributed by atoms with van der Waals surface area (Å²) in [7, 11) is -0.431. The Labute approximate surface area is 136 Å². The number of nitrogens with zero attached hydrogens (tertiary/aromatic N) is 2. The molecule has 1 aromatic carbocycles. The Hall–Kier alpha value is -2.25. The number of benzene rings is 1. The molecular formula is C16H19N3O3S. The van der Waals surface area contributed by atoms with Gasteiger partial charge in [-0.25, -0.2) is 13.1 Å². The van der Waals surface area contributed by atoms with Gasteiger partial charge in [0.2, 0.25) is 10.0 Å². The lowest BCUT2D eigenvalue weighted by atomic mass is 10.2. The zero-order chi connectivity index (χ0) is 16.9. The van der Waals surface area contributed by atoms with Crippen LogP contribution in [0.1, 0.15) is 16.1 Å². The maximum absolute atomic E-state index is 12.3. The summed E-state index contributed by atoms with van der Waals surface area (Å²) < 4.78 is 25.6. The number of carbonyl (C=O) groups is 1. The molecule has 0 fully saturated rings. The summed E-state index contributed by atoms with van der Waals surface area (Å²) in [5.41, 5.74) is 1.37. The molecule has 0 saturated carbocycles. The molecular weight excluding hydrogens is 314 g/mol. The van der Waals surface area contributed by atoms with Gasteiger partial charge in [-0.05, 0) is 43.4 Å². The first-order valence-corrected chi connectivity index (χ1v) is 8.61. The highest BCUT2D eigenvalue weighted by atomic mass is 32.2. The molecule has 0 atom stereocenters. The van der Waals surface area contributed by atoms with Gasteiger partial charge in [-0.3, -0.25) is 9.78 Å². The van der Waals surface area contributed by atoms with Gasteiger partial charge in [0.25, 0.3) is 5.91 Å². The predicted molar refractivity (Wildman–Crippen MR) is 87.6 cm³/mol. The van der Waals surface area contributed by atoms with E-state index < -0.39 is 10.0 Å². The average molecular weight is 333 g/mol. The monoisotopic (exact) mass is 333 g/mol. The van der Waals surface area contributed by atoms with Crippen LogP contribution in [0.25, 0.3) is 0 Å². The number of pyridine rings is 1. The van der Waals surface area contributed by atoms with Gasteiger partial charge in [0.1, 0.15) is 0 Å². The summed E-state index contributed by atoms with van der Waals surface area (Å²) in [4.78, 5) is 18.3. The Morgan fingerprint density at radius 1 is 1.17 bits per heavy atom. The van der Waals surface area contributed by atoms with Crippen molar-refractivity contribution >= 4 is 15.9 Å². The first-order valence-electron chi connectivity index (χ1n) is 7.13. The molecule has 1 amide bonds. The second kappa shape index (κ2) is 7.34. The number of rotatable bonds is 6. The molecule has 0 unspecified atom stereocenters. The van der Waals surface area contributed by atoms with Gasteiger partial charge in [0, 0.05) is 37.5 Å². The van der Waals surface area contributed by atoms with E-state index in [2.05, 4.69) is 9.71 Å².